The minimum absolute atomic E-state index is 0.0124. The summed E-state index contributed by atoms with van der Waals surface area (Å²) in [4.78, 5) is 32.2. The van der Waals surface area contributed by atoms with E-state index >= 15 is 0 Å². The normalized spacial score (nSPS) is 16.9. The lowest BCUT2D eigenvalue weighted by molar-refractivity contribution is -0.150. The van der Waals surface area contributed by atoms with Crippen LogP contribution in [0.3, 0.4) is 0 Å². The second-order valence-corrected chi connectivity index (χ2v) is 20.3. The average Bonchev–Trinajstić information content (AvgIpc) is 3.39. The predicted molar refractivity (Wildman–Crippen MR) is 191 cm³/mol. The van der Waals surface area contributed by atoms with Crippen LogP contribution in [0, 0.1) is 23.2 Å². The zero-order valence-corrected chi connectivity index (χ0v) is 31.8. The number of rotatable bonds is 18. The second-order valence-electron chi connectivity index (χ2n) is 14.6. The largest absolute Gasteiger partial charge is 0.457 e. The number of allylic oxidation sites excluding steroid dienone is 2. The van der Waals surface area contributed by atoms with E-state index in [1.54, 1.807) is 11.3 Å². The quantitative estimate of drug-likeness (QED) is 0.0905. The van der Waals surface area contributed by atoms with Gasteiger partial charge in [-0.3, -0.25) is 9.59 Å². The summed E-state index contributed by atoms with van der Waals surface area (Å²) in [6, 6.07) is 0. The fourth-order valence-corrected chi connectivity index (χ4v) is 6.99. The van der Waals surface area contributed by atoms with E-state index in [4.69, 9.17) is 9.16 Å². The molecule has 0 saturated heterocycles. The molecule has 0 aliphatic rings. The van der Waals surface area contributed by atoms with Crippen molar-refractivity contribution >= 4 is 37.5 Å². The number of ketones is 1. The Hall–Kier alpha value is -2.09. The molecule has 1 heterocycles. The van der Waals surface area contributed by atoms with E-state index in [1.165, 1.54) is 5.57 Å². The van der Waals surface area contributed by atoms with Crippen LogP contribution in [0.15, 0.2) is 47.9 Å². The predicted octanol–water partition coefficient (Wildman–Crippen LogP) is 10.4. The smallest absolute Gasteiger partial charge is 0.306 e. The molecule has 1 aromatic heterocycles. The summed E-state index contributed by atoms with van der Waals surface area (Å²) in [6.45, 7) is 34.9. The van der Waals surface area contributed by atoms with E-state index in [0.717, 1.165) is 29.1 Å². The third-order valence-corrected chi connectivity index (χ3v) is 15.0. The summed E-state index contributed by atoms with van der Waals surface area (Å²) in [7, 11) is -2.14. The molecule has 0 aliphatic heterocycles. The highest BCUT2D eigenvalue weighted by Crippen LogP contribution is 2.41. The molecule has 0 fully saturated rings. The lowest BCUT2D eigenvalue weighted by Gasteiger charge is -2.43. The molecule has 0 spiro atoms. The number of hydrogen-bond donors (Lipinski definition) is 0. The topological polar surface area (TPSA) is 65.5 Å². The number of esters is 1. The van der Waals surface area contributed by atoms with Crippen molar-refractivity contribution in [2.45, 2.75) is 132 Å². The number of ether oxygens (including phenoxy) is 1. The van der Waals surface area contributed by atoms with Crippen LogP contribution < -0.4 is 0 Å². The van der Waals surface area contributed by atoms with Gasteiger partial charge in [-0.1, -0.05) is 86.1 Å². The Morgan fingerprint density at radius 1 is 1.09 bits per heavy atom. The summed E-state index contributed by atoms with van der Waals surface area (Å²) in [6.07, 6.45) is 9.55. The maximum atomic E-state index is 14.1. The minimum atomic E-state index is -2.14. The van der Waals surface area contributed by atoms with Crippen molar-refractivity contribution in [1.82, 2.24) is 4.98 Å². The van der Waals surface area contributed by atoms with E-state index < -0.39 is 19.8 Å². The molecule has 44 heavy (non-hydrogen) atoms. The maximum Gasteiger partial charge on any atom is 0.306 e. The molecule has 0 saturated carbocycles. The van der Waals surface area contributed by atoms with Gasteiger partial charge in [0, 0.05) is 29.6 Å². The Morgan fingerprint density at radius 2 is 1.70 bits per heavy atom. The highest BCUT2D eigenvalue weighted by atomic mass is 32.1. The first-order valence-electron chi connectivity index (χ1n) is 16.1. The summed E-state index contributed by atoms with van der Waals surface area (Å²) in [5, 5.41) is 3.13. The van der Waals surface area contributed by atoms with Gasteiger partial charge in [0.05, 0.1) is 16.8 Å². The molecule has 0 aliphatic carbocycles. The van der Waals surface area contributed by atoms with Gasteiger partial charge in [0.1, 0.15) is 11.9 Å². The Bertz CT molecular complexity index is 1190. The van der Waals surface area contributed by atoms with Gasteiger partial charge in [-0.2, -0.15) is 0 Å². The molecule has 248 valence electrons. The molecule has 0 N–H and O–H groups in total. The fraction of sp³-hybridized carbons (Fsp3) is 0.649. The van der Waals surface area contributed by atoms with Gasteiger partial charge >= 0.3 is 5.97 Å². The van der Waals surface area contributed by atoms with Crippen LogP contribution in [0.25, 0.3) is 6.08 Å². The van der Waals surface area contributed by atoms with Crippen molar-refractivity contribution in [2.24, 2.45) is 23.2 Å². The molecule has 5 atom stereocenters. The summed E-state index contributed by atoms with van der Waals surface area (Å²) >= 11 is 1.64. The number of nitrogens with zero attached hydrogens (tertiary/aromatic N) is 1. The molecule has 0 radical (unpaired) electrons. The Labute approximate surface area is 274 Å². The standard InChI is InChI=1S/C37H61NO4SSi/c1-16-19-25(4)20-21-31(27(6)22-30-24-43-32(18-3)38-30)41-33(39)23-28(7)37(12,13)35(40)29(8)34(26(5)17-2)42-44(14,15)36(9,10)11/h16-17,20,22,24,26,28-29,31,34H,1-2,18-19,21,23H2,3-15H3/b25-20-,27-22+/t26-,28-,29+,31?,34-/m0/s1. The lowest BCUT2D eigenvalue weighted by Crippen LogP contribution is -2.50. The van der Waals surface area contributed by atoms with Crippen LogP contribution >= 0.6 is 11.3 Å². The Morgan fingerprint density at radius 3 is 2.20 bits per heavy atom. The second kappa shape index (κ2) is 17.0. The van der Waals surface area contributed by atoms with Crippen LogP contribution in [0.1, 0.15) is 106 Å². The van der Waals surface area contributed by atoms with Gasteiger partial charge in [0.15, 0.2) is 8.32 Å². The first kappa shape index (κ1) is 39.9. The number of thiazole rings is 1. The van der Waals surface area contributed by atoms with Crippen LogP contribution in [-0.4, -0.2) is 37.3 Å². The SMILES string of the molecule is C=CC/C(C)=C\CC(OC(=O)C[C@H](C)C(C)(C)C(=O)[C@H](C)[C@@H](O[Si](C)(C)C(C)(C)C)[C@@H](C)C=C)/C(C)=C/c1csc(CC)n1. The van der Waals surface area contributed by atoms with Crippen molar-refractivity contribution in [3.05, 3.63) is 58.6 Å². The number of carbonyl (C=O) groups is 2. The molecular weight excluding hydrogens is 583 g/mol. The van der Waals surface area contributed by atoms with Crippen molar-refractivity contribution in [2.75, 3.05) is 0 Å². The lowest BCUT2D eigenvalue weighted by atomic mass is 9.69. The van der Waals surface area contributed by atoms with Gasteiger partial charge < -0.3 is 9.16 Å². The summed E-state index contributed by atoms with van der Waals surface area (Å²) in [5.74, 6) is -0.780. The highest BCUT2D eigenvalue weighted by molar-refractivity contribution is 7.09. The highest BCUT2D eigenvalue weighted by Gasteiger charge is 2.45. The zero-order chi connectivity index (χ0) is 34.0. The van der Waals surface area contributed by atoms with Gasteiger partial charge in [0.25, 0.3) is 0 Å². The molecule has 0 bridgehead atoms. The van der Waals surface area contributed by atoms with Gasteiger partial charge in [0.2, 0.25) is 0 Å². The number of Topliss-reactive ketones (excluding diaryl/α,β-unsaturated/α-hetero) is 1. The fourth-order valence-electron chi connectivity index (χ4n) is 4.83. The third-order valence-electron chi connectivity index (χ3n) is 9.55. The van der Waals surface area contributed by atoms with Crippen molar-refractivity contribution in [1.29, 1.82) is 0 Å². The third kappa shape index (κ3) is 11.4. The van der Waals surface area contributed by atoms with Crippen LogP contribution in [-0.2, 0) is 25.2 Å². The van der Waals surface area contributed by atoms with Crippen molar-refractivity contribution in [3.63, 3.8) is 0 Å². The molecule has 7 heteroatoms. The van der Waals surface area contributed by atoms with Gasteiger partial charge in [-0.15, -0.1) is 24.5 Å². The van der Waals surface area contributed by atoms with Gasteiger partial charge in [-0.25, -0.2) is 4.98 Å². The zero-order valence-electron chi connectivity index (χ0n) is 30.0. The number of aromatic nitrogens is 1. The van der Waals surface area contributed by atoms with E-state index in [9.17, 15) is 9.59 Å². The number of carbonyl (C=O) groups excluding carboxylic acids is 2. The molecule has 1 rings (SSSR count). The summed E-state index contributed by atoms with van der Waals surface area (Å²) in [5.41, 5.74) is 2.24. The molecular formula is C37H61NO4SSi. The Balaban J connectivity index is 3.18. The van der Waals surface area contributed by atoms with Crippen molar-refractivity contribution < 1.29 is 18.8 Å². The van der Waals surface area contributed by atoms with E-state index in [-0.39, 0.29) is 47.1 Å². The number of aryl methyl sites for hydroxylation is 1. The van der Waals surface area contributed by atoms with Crippen molar-refractivity contribution in [3.8, 4) is 0 Å². The Kier molecular flexibility index (Phi) is 15.4. The number of hydrogen-bond acceptors (Lipinski definition) is 6. The van der Waals surface area contributed by atoms with E-state index in [2.05, 4.69) is 78.9 Å². The molecule has 1 aromatic rings. The molecule has 0 aromatic carbocycles. The summed E-state index contributed by atoms with van der Waals surface area (Å²) < 4.78 is 12.9. The van der Waals surface area contributed by atoms with E-state index in [1.807, 2.05) is 58.2 Å². The molecule has 1 unspecified atom stereocenters. The first-order valence-corrected chi connectivity index (χ1v) is 19.9. The minimum Gasteiger partial charge on any atom is -0.457 e. The van der Waals surface area contributed by atoms with Crippen LogP contribution in [0.5, 0.6) is 0 Å². The average molecular weight is 644 g/mol. The monoisotopic (exact) mass is 643 g/mol. The van der Waals surface area contributed by atoms with Crippen LogP contribution in [0.4, 0.5) is 0 Å². The maximum absolute atomic E-state index is 14.1. The van der Waals surface area contributed by atoms with Gasteiger partial charge in [-0.05, 0) is 68.3 Å². The molecule has 5 nitrogen and oxygen atoms in total. The van der Waals surface area contributed by atoms with E-state index in [0.29, 0.717) is 6.42 Å². The first-order chi connectivity index (χ1) is 20.2. The van der Waals surface area contributed by atoms with Crippen LogP contribution in [0.2, 0.25) is 18.1 Å². The molecule has 0 amide bonds.